The summed E-state index contributed by atoms with van der Waals surface area (Å²) in [7, 11) is 5.53. The second kappa shape index (κ2) is 10.0. The van der Waals surface area contributed by atoms with Crippen LogP contribution < -0.4 is 15.4 Å². The number of ether oxygens (including phenoxy) is 1. The Morgan fingerprint density at radius 1 is 1.06 bits per heavy atom. The van der Waals surface area contributed by atoms with Gasteiger partial charge >= 0.3 is 6.03 Å². The van der Waals surface area contributed by atoms with Crippen molar-refractivity contribution in [2.45, 2.75) is 39.0 Å². The molecule has 0 aromatic heterocycles. The summed E-state index contributed by atoms with van der Waals surface area (Å²) in [6.07, 6.45) is 0.853. The highest BCUT2D eigenvalue weighted by Gasteiger charge is 2.52. The highest BCUT2D eigenvalue weighted by Crippen LogP contribution is 2.45. The first-order valence-corrected chi connectivity index (χ1v) is 10.9. The SMILES string of the molecule is CN(C)CC(=O)Nc1cccc(CNC(=O)N(C)C2CC(Oc3ccccc3)C2(C)C)c1. The molecule has 1 saturated carbocycles. The van der Waals surface area contributed by atoms with Gasteiger partial charge in [-0.3, -0.25) is 4.79 Å². The molecule has 0 heterocycles. The molecule has 1 aliphatic rings. The lowest BCUT2D eigenvalue weighted by Gasteiger charge is -2.54. The van der Waals surface area contributed by atoms with Crippen LogP contribution in [0.4, 0.5) is 10.5 Å². The second-order valence-electron chi connectivity index (χ2n) is 9.25. The number of likely N-dealkylation sites (N-methyl/N-ethyl adjacent to an activating group) is 1. The number of nitrogens with one attached hydrogen (secondary N) is 2. The van der Waals surface area contributed by atoms with Gasteiger partial charge in [-0.1, -0.05) is 44.2 Å². The minimum absolute atomic E-state index is 0.0626. The van der Waals surface area contributed by atoms with E-state index in [2.05, 4.69) is 24.5 Å². The maximum absolute atomic E-state index is 12.8. The third kappa shape index (κ3) is 5.79. The van der Waals surface area contributed by atoms with Crippen molar-refractivity contribution in [2.24, 2.45) is 5.41 Å². The molecule has 0 saturated heterocycles. The van der Waals surface area contributed by atoms with E-state index in [4.69, 9.17) is 4.74 Å². The highest BCUT2D eigenvalue weighted by atomic mass is 16.5. The first-order chi connectivity index (χ1) is 15.2. The lowest BCUT2D eigenvalue weighted by atomic mass is 9.64. The van der Waals surface area contributed by atoms with Crippen LogP contribution in [0.3, 0.4) is 0 Å². The fraction of sp³-hybridized carbons (Fsp3) is 0.440. The molecule has 2 unspecified atom stereocenters. The molecule has 7 heteroatoms. The topological polar surface area (TPSA) is 73.9 Å². The second-order valence-corrected chi connectivity index (χ2v) is 9.25. The van der Waals surface area contributed by atoms with Gasteiger partial charge in [0.25, 0.3) is 0 Å². The van der Waals surface area contributed by atoms with E-state index >= 15 is 0 Å². The number of anilines is 1. The van der Waals surface area contributed by atoms with Crippen molar-refractivity contribution in [2.75, 3.05) is 33.0 Å². The van der Waals surface area contributed by atoms with Gasteiger partial charge in [-0.05, 0) is 43.9 Å². The zero-order valence-corrected chi connectivity index (χ0v) is 19.6. The molecule has 0 radical (unpaired) electrons. The summed E-state index contributed by atoms with van der Waals surface area (Å²) in [6, 6.07) is 17.3. The van der Waals surface area contributed by atoms with E-state index in [1.165, 1.54) is 0 Å². The summed E-state index contributed by atoms with van der Waals surface area (Å²) < 4.78 is 6.13. The van der Waals surface area contributed by atoms with E-state index in [0.717, 1.165) is 23.4 Å². The summed E-state index contributed by atoms with van der Waals surface area (Å²) >= 11 is 0. The molecule has 0 spiro atoms. The van der Waals surface area contributed by atoms with Crippen LogP contribution in [0.5, 0.6) is 5.75 Å². The Balaban J connectivity index is 1.51. The average Bonchev–Trinajstić information content (AvgIpc) is 2.74. The van der Waals surface area contributed by atoms with E-state index in [1.54, 1.807) is 4.90 Å². The Morgan fingerprint density at radius 2 is 1.78 bits per heavy atom. The van der Waals surface area contributed by atoms with Crippen molar-refractivity contribution < 1.29 is 14.3 Å². The van der Waals surface area contributed by atoms with E-state index in [9.17, 15) is 9.59 Å². The van der Waals surface area contributed by atoms with Crippen molar-refractivity contribution in [1.29, 1.82) is 0 Å². The Labute approximate surface area is 190 Å². The van der Waals surface area contributed by atoms with Crippen LogP contribution in [-0.2, 0) is 11.3 Å². The minimum atomic E-state index is -0.154. The average molecular weight is 439 g/mol. The fourth-order valence-electron chi connectivity index (χ4n) is 4.08. The van der Waals surface area contributed by atoms with Crippen LogP contribution in [0.25, 0.3) is 0 Å². The molecular formula is C25H34N4O3. The zero-order valence-electron chi connectivity index (χ0n) is 19.6. The fourth-order valence-corrected chi connectivity index (χ4v) is 4.08. The molecule has 2 atom stereocenters. The molecule has 0 aliphatic heterocycles. The first kappa shape index (κ1) is 23.6. The van der Waals surface area contributed by atoms with Gasteiger partial charge in [-0.25, -0.2) is 4.79 Å². The van der Waals surface area contributed by atoms with E-state index in [1.807, 2.05) is 80.6 Å². The maximum Gasteiger partial charge on any atom is 0.317 e. The molecular weight excluding hydrogens is 404 g/mol. The van der Waals surface area contributed by atoms with Crippen LogP contribution in [0.15, 0.2) is 54.6 Å². The van der Waals surface area contributed by atoms with Crippen LogP contribution in [0.1, 0.15) is 25.8 Å². The number of carbonyl (C=O) groups is 2. The summed E-state index contributed by atoms with van der Waals surface area (Å²) in [6.45, 7) is 4.98. The number of carbonyl (C=O) groups excluding carboxylic acids is 2. The van der Waals surface area contributed by atoms with E-state index in [-0.39, 0.29) is 29.5 Å². The molecule has 2 aromatic rings. The summed E-state index contributed by atoms with van der Waals surface area (Å²) in [5.74, 6) is 0.782. The first-order valence-electron chi connectivity index (χ1n) is 10.9. The Hall–Kier alpha value is -3.06. The molecule has 3 amide bonds. The Kier molecular flexibility index (Phi) is 7.40. The van der Waals surface area contributed by atoms with Gasteiger partial charge in [0.2, 0.25) is 5.91 Å². The standard InChI is InChI=1S/C25H34N4O3/c1-25(2)21(15-22(25)32-20-12-7-6-8-13-20)29(5)24(31)26-16-18-10-9-11-19(14-18)27-23(30)17-28(3)4/h6-14,21-22H,15-17H2,1-5H3,(H,26,31)(H,27,30). The molecule has 7 nitrogen and oxygen atoms in total. The zero-order chi connectivity index (χ0) is 23.3. The van der Waals surface area contributed by atoms with Gasteiger partial charge in [0.05, 0.1) is 6.54 Å². The van der Waals surface area contributed by atoms with Crippen LogP contribution in [0, 0.1) is 5.41 Å². The lowest BCUT2D eigenvalue weighted by Crippen LogP contribution is -2.64. The molecule has 2 N–H and O–H groups in total. The van der Waals surface area contributed by atoms with Gasteiger partial charge < -0.3 is 25.2 Å². The van der Waals surface area contributed by atoms with Gasteiger partial charge in [-0.2, -0.15) is 0 Å². The smallest absolute Gasteiger partial charge is 0.317 e. The third-order valence-electron chi connectivity index (χ3n) is 6.05. The number of para-hydroxylation sites is 1. The molecule has 0 bridgehead atoms. The molecule has 172 valence electrons. The number of benzene rings is 2. The van der Waals surface area contributed by atoms with Gasteiger partial charge in [0.1, 0.15) is 11.9 Å². The molecule has 32 heavy (non-hydrogen) atoms. The third-order valence-corrected chi connectivity index (χ3v) is 6.05. The quantitative estimate of drug-likeness (QED) is 0.661. The number of amides is 3. The van der Waals surface area contributed by atoms with Gasteiger partial charge in [0, 0.05) is 37.2 Å². The van der Waals surface area contributed by atoms with Crippen LogP contribution in [-0.4, -0.2) is 61.6 Å². The van der Waals surface area contributed by atoms with Gasteiger partial charge in [-0.15, -0.1) is 0 Å². The predicted octanol–water partition coefficient (Wildman–Crippen LogP) is 3.57. The summed E-state index contributed by atoms with van der Waals surface area (Å²) in [5.41, 5.74) is 1.49. The van der Waals surface area contributed by atoms with Crippen LogP contribution in [0.2, 0.25) is 0 Å². The van der Waals surface area contributed by atoms with Crippen molar-refractivity contribution in [1.82, 2.24) is 15.1 Å². The summed E-state index contributed by atoms with van der Waals surface area (Å²) in [4.78, 5) is 28.3. The number of hydrogen-bond donors (Lipinski definition) is 2. The largest absolute Gasteiger partial charge is 0.490 e. The molecule has 1 fully saturated rings. The Morgan fingerprint density at radius 3 is 2.44 bits per heavy atom. The number of nitrogens with zero attached hydrogens (tertiary/aromatic N) is 2. The maximum atomic E-state index is 12.8. The van der Waals surface area contributed by atoms with Crippen LogP contribution >= 0.6 is 0 Å². The number of urea groups is 1. The van der Waals surface area contributed by atoms with Crippen molar-refractivity contribution in [3.05, 3.63) is 60.2 Å². The minimum Gasteiger partial charge on any atom is -0.490 e. The lowest BCUT2D eigenvalue weighted by molar-refractivity contribution is -0.116. The number of hydrogen-bond acceptors (Lipinski definition) is 4. The monoisotopic (exact) mass is 438 g/mol. The van der Waals surface area contributed by atoms with Crippen molar-refractivity contribution in [3.8, 4) is 5.75 Å². The normalized spacial score (nSPS) is 19.1. The number of rotatable bonds is 8. The molecule has 1 aliphatic carbocycles. The summed E-state index contributed by atoms with van der Waals surface area (Å²) in [5, 5.41) is 5.87. The van der Waals surface area contributed by atoms with Gasteiger partial charge in [0.15, 0.2) is 0 Å². The molecule has 2 aromatic carbocycles. The van der Waals surface area contributed by atoms with E-state index in [0.29, 0.717) is 13.1 Å². The Bertz CT molecular complexity index is 930. The highest BCUT2D eigenvalue weighted by molar-refractivity contribution is 5.92. The van der Waals surface area contributed by atoms with Crippen molar-refractivity contribution in [3.63, 3.8) is 0 Å². The van der Waals surface area contributed by atoms with Crippen molar-refractivity contribution >= 4 is 17.6 Å². The molecule has 3 rings (SSSR count). The predicted molar refractivity (Wildman–Crippen MR) is 127 cm³/mol. The van der Waals surface area contributed by atoms with E-state index < -0.39 is 0 Å².